The summed E-state index contributed by atoms with van der Waals surface area (Å²) in [5.74, 6) is -0.693. The lowest BCUT2D eigenvalue weighted by atomic mass is 10.3. The second-order valence-corrected chi connectivity index (χ2v) is 3.51. The van der Waals surface area contributed by atoms with E-state index in [0.717, 1.165) is 12.8 Å². The summed E-state index contributed by atoms with van der Waals surface area (Å²) < 4.78 is 0. The lowest BCUT2D eigenvalue weighted by Gasteiger charge is -2.17. The van der Waals surface area contributed by atoms with Gasteiger partial charge in [-0.3, -0.25) is 9.69 Å². The third kappa shape index (κ3) is 17.9. The van der Waals surface area contributed by atoms with Crippen molar-refractivity contribution in [1.29, 1.82) is 0 Å². The van der Waals surface area contributed by atoms with Gasteiger partial charge in [0.15, 0.2) is 0 Å². The summed E-state index contributed by atoms with van der Waals surface area (Å²) in [6.07, 6.45) is 2.08. The number of aliphatic hydroxyl groups is 3. The fourth-order valence-electron chi connectivity index (χ4n) is 1.09. The first kappa shape index (κ1) is 18.7. The van der Waals surface area contributed by atoms with Crippen molar-refractivity contribution in [2.75, 3.05) is 39.5 Å². The summed E-state index contributed by atoms with van der Waals surface area (Å²) in [4.78, 5) is 11.5. The predicted octanol–water partition coefficient (Wildman–Crippen LogP) is -0.473. The van der Waals surface area contributed by atoms with E-state index in [4.69, 9.17) is 20.4 Å². The van der Waals surface area contributed by atoms with E-state index in [-0.39, 0.29) is 19.8 Å². The van der Waals surface area contributed by atoms with Gasteiger partial charge in [-0.25, -0.2) is 0 Å². The Bertz CT molecular complexity index is 152. The van der Waals surface area contributed by atoms with E-state index in [1.54, 1.807) is 4.90 Å². The van der Waals surface area contributed by atoms with Gasteiger partial charge < -0.3 is 20.4 Å². The first-order valence-electron chi connectivity index (χ1n) is 5.89. The molecule has 6 heteroatoms. The van der Waals surface area contributed by atoms with Gasteiger partial charge >= 0.3 is 5.97 Å². The summed E-state index contributed by atoms with van der Waals surface area (Å²) in [5.41, 5.74) is 0. The molecule has 0 aliphatic heterocycles. The Labute approximate surface area is 102 Å². The monoisotopic (exact) mass is 251 g/mol. The summed E-state index contributed by atoms with van der Waals surface area (Å²) in [7, 11) is 0. The maximum atomic E-state index is 9.76. The number of rotatable bonds is 9. The summed E-state index contributed by atoms with van der Waals surface area (Å²) in [6.45, 7) is 3.73. The summed E-state index contributed by atoms with van der Waals surface area (Å²) >= 11 is 0. The van der Waals surface area contributed by atoms with E-state index in [9.17, 15) is 4.79 Å². The van der Waals surface area contributed by atoms with Crippen molar-refractivity contribution >= 4 is 5.97 Å². The quantitative estimate of drug-likeness (QED) is 0.442. The van der Waals surface area contributed by atoms with Gasteiger partial charge in [-0.15, -0.1) is 0 Å². The van der Waals surface area contributed by atoms with Gasteiger partial charge in [-0.1, -0.05) is 13.3 Å². The molecule has 0 aromatic rings. The van der Waals surface area contributed by atoms with E-state index >= 15 is 0 Å². The molecule has 0 aromatic carbocycles. The molecule has 0 aliphatic rings. The fourth-order valence-corrected chi connectivity index (χ4v) is 1.09. The van der Waals surface area contributed by atoms with Crippen LogP contribution in [0.5, 0.6) is 0 Å². The van der Waals surface area contributed by atoms with Crippen molar-refractivity contribution < 1.29 is 25.2 Å². The van der Waals surface area contributed by atoms with Gasteiger partial charge in [0.25, 0.3) is 0 Å². The molecule has 0 saturated heterocycles. The van der Waals surface area contributed by atoms with Crippen LogP contribution in [0.3, 0.4) is 0 Å². The number of hydrogen-bond donors (Lipinski definition) is 4. The van der Waals surface area contributed by atoms with Crippen LogP contribution < -0.4 is 0 Å². The molecule has 0 radical (unpaired) electrons. The molecule has 0 saturated carbocycles. The number of carbonyl (C=O) groups is 1. The number of hydrogen-bond acceptors (Lipinski definition) is 5. The van der Waals surface area contributed by atoms with Crippen LogP contribution in [0.4, 0.5) is 0 Å². The van der Waals surface area contributed by atoms with E-state index in [0.29, 0.717) is 26.1 Å². The predicted molar refractivity (Wildman–Crippen MR) is 64.9 cm³/mol. The number of unbranched alkanes of at least 4 members (excludes halogenated alkanes) is 1. The Morgan fingerprint density at radius 2 is 1.41 bits per heavy atom. The minimum atomic E-state index is -0.693. The van der Waals surface area contributed by atoms with Gasteiger partial charge in [0.05, 0.1) is 19.8 Å². The van der Waals surface area contributed by atoms with E-state index in [1.807, 2.05) is 6.92 Å². The van der Waals surface area contributed by atoms with Gasteiger partial charge in [0, 0.05) is 26.1 Å². The van der Waals surface area contributed by atoms with Crippen LogP contribution in [-0.4, -0.2) is 70.8 Å². The molecule has 0 bridgehead atoms. The number of aliphatic carboxylic acids is 1. The van der Waals surface area contributed by atoms with Crippen molar-refractivity contribution in [3.63, 3.8) is 0 Å². The Kier molecular flexibility index (Phi) is 16.8. The van der Waals surface area contributed by atoms with Crippen LogP contribution in [0.1, 0.15) is 26.2 Å². The van der Waals surface area contributed by atoms with Crippen molar-refractivity contribution in [3.8, 4) is 0 Å². The first-order valence-corrected chi connectivity index (χ1v) is 5.89. The Balaban J connectivity index is 0. The molecule has 0 atom stereocenters. The molecule has 0 aliphatic carbocycles. The molecule has 4 N–H and O–H groups in total. The van der Waals surface area contributed by atoms with Crippen LogP contribution in [0.15, 0.2) is 0 Å². The Morgan fingerprint density at radius 1 is 1.00 bits per heavy atom. The lowest BCUT2D eigenvalue weighted by Crippen LogP contribution is -2.32. The number of nitrogens with zero attached hydrogens (tertiary/aromatic N) is 1. The zero-order valence-electron chi connectivity index (χ0n) is 10.5. The van der Waals surface area contributed by atoms with Crippen molar-refractivity contribution in [2.45, 2.75) is 26.2 Å². The second-order valence-electron chi connectivity index (χ2n) is 3.51. The Morgan fingerprint density at radius 3 is 1.59 bits per heavy atom. The van der Waals surface area contributed by atoms with Crippen molar-refractivity contribution in [1.82, 2.24) is 4.90 Å². The molecule has 6 nitrogen and oxygen atoms in total. The summed E-state index contributed by atoms with van der Waals surface area (Å²) in [6, 6.07) is 0. The normalized spacial score (nSPS) is 9.94. The van der Waals surface area contributed by atoms with Crippen LogP contribution in [-0.2, 0) is 4.79 Å². The largest absolute Gasteiger partial charge is 0.481 e. The fraction of sp³-hybridized carbons (Fsp3) is 0.909. The SMILES string of the molecule is CCCCC(=O)O.OCCN(CCO)CCO. The number of carboxylic acid groups (broad SMARTS) is 1. The van der Waals surface area contributed by atoms with Crippen LogP contribution in [0, 0.1) is 0 Å². The highest BCUT2D eigenvalue weighted by Crippen LogP contribution is 1.91. The molecule has 0 aromatic heterocycles. The van der Waals surface area contributed by atoms with Crippen LogP contribution in [0.25, 0.3) is 0 Å². The Hall–Kier alpha value is -0.690. The average molecular weight is 251 g/mol. The van der Waals surface area contributed by atoms with E-state index in [1.165, 1.54) is 0 Å². The van der Waals surface area contributed by atoms with E-state index in [2.05, 4.69) is 0 Å². The molecule has 17 heavy (non-hydrogen) atoms. The van der Waals surface area contributed by atoms with Gasteiger partial charge in [-0.2, -0.15) is 0 Å². The number of aliphatic hydroxyl groups excluding tert-OH is 3. The van der Waals surface area contributed by atoms with E-state index < -0.39 is 5.97 Å². The molecular weight excluding hydrogens is 226 g/mol. The zero-order chi connectivity index (χ0) is 13.5. The molecule has 0 spiro atoms. The molecule has 0 rings (SSSR count). The molecule has 0 unspecified atom stereocenters. The van der Waals surface area contributed by atoms with Gasteiger partial charge in [-0.05, 0) is 6.42 Å². The molecular formula is C11H25NO5. The molecule has 0 amide bonds. The standard InChI is InChI=1S/C6H15NO3.C5H10O2/c8-4-1-7(2-5-9)3-6-10;1-2-3-4-5(6)7/h8-10H,1-6H2;2-4H2,1H3,(H,6,7). The maximum absolute atomic E-state index is 9.76. The first-order chi connectivity index (χ1) is 8.12. The van der Waals surface area contributed by atoms with Crippen LogP contribution >= 0.6 is 0 Å². The average Bonchev–Trinajstić information content (AvgIpc) is 2.28. The van der Waals surface area contributed by atoms with Gasteiger partial charge in [0.1, 0.15) is 0 Å². The highest BCUT2D eigenvalue weighted by Gasteiger charge is 2.00. The van der Waals surface area contributed by atoms with Crippen molar-refractivity contribution in [2.24, 2.45) is 0 Å². The topological polar surface area (TPSA) is 101 Å². The highest BCUT2D eigenvalue weighted by atomic mass is 16.4. The molecule has 0 heterocycles. The highest BCUT2D eigenvalue weighted by molar-refractivity contribution is 5.66. The third-order valence-corrected chi connectivity index (χ3v) is 1.99. The minimum Gasteiger partial charge on any atom is -0.481 e. The minimum absolute atomic E-state index is 0.0694. The van der Waals surface area contributed by atoms with Gasteiger partial charge in [0.2, 0.25) is 0 Å². The second kappa shape index (κ2) is 15.3. The van der Waals surface area contributed by atoms with Crippen molar-refractivity contribution in [3.05, 3.63) is 0 Å². The molecule has 104 valence electrons. The maximum Gasteiger partial charge on any atom is 0.303 e. The summed E-state index contributed by atoms with van der Waals surface area (Å²) in [5, 5.41) is 33.5. The lowest BCUT2D eigenvalue weighted by molar-refractivity contribution is -0.137. The number of carboxylic acids is 1. The zero-order valence-corrected chi connectivity index (χ0v) is 10.5. The van der Waals surface area contributed by atoms with Crippen LogP contribution in [0.2, 0.25) is 0 Å². The molecule has 0 fully saturated rings. The smallest absolute Gasteiger partial charge is 0.303 e. The third-order valence-electron chi connectivity index (χ3n) is 1.99.